The highest BCUT2D eigenvalue weighted by atomic mass is 35.5. The Bertz CT molecular complexity index is 975. The van der Waals surface area contributed by atoms with Gasteiger partial charge >= 0.3 is 0 Å². The van der Waals surface area contributed by atoms with Crippen LogP contribution in [0.3, 0.4) is 0 Å². The maximum atomic E-state index is 12.7. The van der Waals surface area contributed by atoms with Gasteiger partial charge in [-0.15, -0.1) is 0 Å². The second-order valence-corrected chi connectivity index (χ2v) is 7.16. The zero-order valence-electron chi connectivity index (χ0n) is 12.5. The average Bonchev–Trinajstić information content (AvgIpc) is 2.45. The molecule has 0 saturated heterocycles. The zero-order chi connectivity index (χ0) is 16.6. The van der Waals surface area contributed by atoms with Crippen LogP contribution in [0.1, 0.15) is 11.3 Å². The van der Waals surface area contributed by atoms with Crippen molar-refractivity contribution in [3.8, 4) is 0 Å². The fraction of sp³-hybridized carbons (Fsp3) is 0.125. The van der Waals surface area contributed by atoms with Gasteiger partial charge in [-0.2, -0.15) is 0 Å². The first-order valence-electron chi connectivity index (χ1n) is 6.89. The molecule has 7 heteroatoms. The molecule has 0 aliphatic rings. The lowest BCUT2D eigenvalue weighted by molar-refractivity contribution is 0.600. The van der Waals surface area contributed by atoms with E-state index in [-0.39, 0.29) is 10.0 Å². The minimum absolute atomic E-state index is 0.0160. The molecule has 2 heterocycles. The number of para-hydroxylation sites is 1. The monoisotopic (exact) mass is 347 g/mol. The van der Waals surface area contributed by atoms with Gasteiger partial charge in [0, 0.05) is 17.3 Å². The molecule has 2 aromatic heterocycles. The third kappa shape index (κ3) is 3.00. The Hall–Kier alpha value is -2.18. The molecular formula is C16H14ClN3O2S. The van der Waals surface area contributed by atoms with Crippen molar-refractivity contribution < 1.29 is 8.42 Å². The van der Waals surface area contributed by atoms with Crippen LogP contribution in [0.2, 0.25) is 5.15 Å². The van der Waals surface area contributed by atoms with Crippen molar-refractivity contribution in [3.05, 3.63) is 59.0 Å². The molecule has 0 unspecified atom stereocenters. The van der Waals surface area contributed by atoms with Crippen molar-refractivity contribution in [1.29, 1.82) is 0 Å². The molecule has 23 heavy (non-hydrogen) atoms. The molecule has 0 aliphatic carbocycles. The number of benzene rings is 1. The number of pyridine rings is 2. The van der Waals surface area contributed by atoms with Gasteiger partial charge in [0.1, 0.15) is 10.0 Å². The molecule has 3 aromatic rings. The minimum Gasteiger partial charge on any atom is -0.277 e. The van der Waals surface area contributed by atoms with Crippen LogP contribution in [0.15, 0.2) is 47.5 Å². The van der Waals surface area contributed by atoms with E-state index in [4.69, 9.17) is 11.6 Å². The Labute approximate surface area is 139 Å². The number of hydrogen-bond donors (Lipinski definition) is 1. The molecule has 5 nitrogen and oxygen atoms in total. The van der Waals surface area contributed by atoms with Gasteiger partial charge in [-0.25, -0.2) is 13.4 Å². The van der Waals surface area contributed by atoms with Gasteiger partial charge in [0.15, 0.2) is 0 Å². The molecule has 3 rings (SSSR count). The number of nitrogens with one attached hydrogen (secondary N) is 1. The van der Waals surface area contributed by atoms with Crippen LogP contribution in [-0.2, 0) is 10.0 Å². The summed E-state index contributed by atoms with van der Waals surface area (Å²) < 4.78 is 28.0. The van der Waals surface area contributed by atoms with E-state index in [9.17, 15) is 8.42 Å². The summed E-state index contributed by atoms with van der Waals surface area (Å²) in [7, 11) is -3.87. The van der Waals surface area contributed by atoms with E-state index in [1.54, 1.807) is 44.3 Å². The molecule has 0 saturated carbocycles. The molecule has 1 aromatic carbocycles. The fourth-order valence-corrected chi connectivity index (χ4v) is 4.38. The Kier molecular flexibility index (Phi) is 3.95. The maximum Gasteiger partial charge on any atom is 0.265 e. The van der Waals surface area contributed by atoms with Crippen molar-refractivity contribution in [3.63, 3.8) is 0 Å². The van der Waals surface area contributed by atoms with E-state index in [1.165, 1.54) is 0 Å². The largest absolute Gasteiger partial charge is 0.277 e. The molecule has 0 atom stereocenters. The number of aromatic nitrogens is 2. The van der Waals surface area contributed by atoms with Gasteiger partial charge in [0.05, 0.1) is 11.2 Å². The smallest absolute Gasteiger partial charge is 0.265 e. The number of rotatable bonds is 3. The lowest BCUT2D eigenvalue weighted by Gasteiger charge is -2.13. The van der Waals surface area contributed by atoms with Crippen molar-refractivity contribution >= 4 is 38.2 Å². The van der Waals surface area contributed by atoms with Gasteiger partial charge in [-0.1, -0.05) is 29.8 Å². The summed E-state index contributed by atoms with van der Waals surface area (Å²) in [5, 5.41) is 0.806. The number of nitrogens with zero attached hydrogens (tertiary/aromatic N) is 2. The van der Waals surface area contributed by atoms with Crippen molar-refractivity contribution in [2.75, 3.05) is 4.72 Å². The van der Waals surface area contributed by atoms with Crippen molar-refractivity contribution in [2.45, 2.75) is 18.7 Å². The Morgan fingerprint density at radius 1 is 1.13 bits per heavy atom. The summed E-state index contributed by atoms with van der Waals surface area (Å²) in [6.45, 7) is 3.45. The van der Waals surface area contributed by atoms with Gasteiger partial charge in [-0.3, -0.25) is 9.71 Å². The molecule has 1 N–H and O–H groups in total. The van der Waals surface area contributed by atoms with Crippen LogP contribution in [0, 0.1) is 13.8 Å². The number of hydrogen-bond acceptors (Lipinski definition) is 4. The highest BCUT2D eigenvalue weighted by molar-refractivity contribution is 7.93. The van der Waals surface area contributed by atoms with Crippen LogP contribution in [-0.4, -0.2) is 18.4 Å². The van der Waals surface area contributed by atoms with Gasteiger partial charge in [-0.05, 0) is 37.6 Å². The van der Waals surface area contributed by atoms with E-state index in [1.807, 2.05) is 12.1 Å². The molecular weight excluding hydrogens is 334 g/mol. The number of sulfonamides is 1. The molecule has 0 aliphatic heterocycles. The Balaban J connectivity index is 2.12. The summed E-state index contributed by atoms with van der Waals surface area (Å²) >= 11 is 6.06. The molecule has 0 radical (unpaired) electrons. The molecule has 0 amide bonds. The maximum absolute atomic E-state index is 12.7. The van der Waals surface area contributed by atoms with Crippen LogP contribution >= 0.6 is 11.6 Å². The van der Waals surface area contributed by atoms with E-state index in [0.29, 0.717) is 22.5 Å². The lowest BCUT2D eigenvalue weighted by Crippen LogP contribution is -2.16. The van der Waals surface area contributed by atoms with Crippen LogP contribution in [0.25, 0.3) is 10.9 Å². The summed E-state index contributed by atoms with van der Waals surface area (Å²) in [4.78, 5) is 8.26. The second kappa shape index (κ2) is 5.79. The SMILES string of the molecule is Cc1cc(C)c(S(=O)(=O)Nc2cccc3cccnc23)c(Cl)n1. The van der Waals surface area contributed by atoms with Crippen LogP contribution < -0.4 is 4.72 Å². The van der Waals surface area contributed by atoms with Gasteiger partial charge in [0.25, 0.3) is 10.0 Å². The second-order valence-electron chi connectivity index (χ2n) is 5.19. The number of fused-ring (bicyclic) bond motifs is 1. The Morgan fingerprint density at radius 3 is 2.61 bits per heavy atom. The fourth-order valence-electron chi connectivity index (χ4n) is 2.48. The summed E-state index contributed by atoms with van der Waals surface area (Å²) in [6.07, 6.45) is 1.62. The van der Waals surface area contributed by atoms with E-state index >= 15 is 0 Å². The average molecular weight is 348 g/mol. The van der Waals surface area contributed by atoms with Crippen molar-refractivity contribution in [1.82, 2.24) is 9.97 Å². The first kappa shape index (κ1) is 15.7. The third-order valence-corrected chi connectivity index (χ3v) is 5.32. The first-order valence-corrected chi connectivity index (χ1v) is 8.75. The predicted molar refractivity (Wildman–Crippen MR) is 91.3 cm³/mol. The highest BCUT2D eigenvalue weighted by Gasteiger charge is 2.23. The minimum atomic E-state index is -3.87. The number of halogens is 1. The molecule has 0 spiro atoms. The summed E-state index contributed by atoms with van der Waals surface area (Å²) in [5.41, 5.74) is 2.19. The lowest BCUT2D eigenvalue weighted by atomic mass is 10.2. The van der Waals surface area contributed by atoms with E-state index < -0.39 is 10.0 Å². The highest BCUT2D eigenvalue weighted by Crippen LogP contribution is 2.28. The number of aryl methyl sites for hydroxylation is 2. The van der Waals surface area contributed by atoms with Crippen LogP contribution in [0.4, 0.5) is 5.69 Å². The quantitative estimate of drug-likeness (QED) is 0.733. The molecule has 0 fully saturated rings. The molecule has 118 valence electrons. The van der Waals surface area contributed by atoms with Gasteiger partial charge in [0.2, 0.25) is 0 Å². The summed E-state index contributed by atoms with van der Waals surface area (Å²) in [5.74, 6) is 0. The summed E-state index contributed by atoms with van der Waals surface area (Å²) in [6, 6.07) is 10.6. The normalized spacial score (nSPS) is 11.6. The van der Waals surface area contributed by atoms with E-state index in [2.05, 4.69) is 14.7 Å². The first-order chi connectivity index (χ1) is 10.9. The number of anilines is 1. The van der Waals surface area contributed by atoms with Crippen LogP contribution in [0.5, 0.6) is 0 Å². The Morgan fingerprint density at radius 2 is 1.87 bits per heavy atom. The topological polar surface area (TPSA) is 72.0 Å². The van der Waals surface area contributed by atoms with Crippen molar-refractivity contribution in [2.24, 2.45) is 0 Å². The standard InChI is InChI=1S/C16H14ClN3O2S/c1-10-9-11(2)19-16(17)15(10)23(21,22)20-13-7-3-5-12-6-4-8-18-14(12)13/h3-9,20H,1-2H3. The van der Waals surface area contributed by atoms with Gasteiger partial charge < -0.3 is 0 Å². The zero-order valence-corrected chi connectivity index (χ0v) is 14.1. The van der Waals surface area contributed by atoms with E-state index in [0.717, 1.165) is 5.39 Å². The third-order valence-electron chi connectivity index (χ3n) is 3.39. The predicted octanol–water partition coefficient (Wildman–Crippen LogP) is 3.70. The molecule has 0 bridgehead atoms.